The molecule has 0 amide bonds. The molecule has 3 aromatic rings. The van der Waals surface area contributed by atoms with Gasteiger partial charge >= 0.3 is 0 Å². The van der Waals surface area contributed by atoms with Crippen LogP contribution in [0.3, 0.4) is 0 Å². The van der Waals surface area contributed by atoms with E-state index in [-0.39, 0.29) is 12.3 Å². The highest BCUT2D eigenvalue weighted by Gasteiger charge is 2.14. The first kappa shape index (κ1) is 17.2. The number of pyridine rings is 1. The summed E-state index contributed by atoms with van der Waals surface area (Å²) in [6, 6.07) is 11.0. The van der Waals surface area contributed by atoms with Gasteiger partial charge in [0.25, 0.3) is 0 Å². The minimum Gasteiger partial charge on any atom is -0.421 e. The van der Waals surface area contributed by atoms with E-state index in [4.69, 9.17) is 4.42 Å². The molecule has 2 aromatic heterocycles. The number of hydrogen-bond donors (Lipinski definition) is 1. The minimum absolute atomic E-state index is 0.0511. The van der Waals surface area contributed by atoms with E-state index >= 15 is 0 Å². The molecule has 0 aliphatic carbocycles. The number of hydrogen-bond acceptors (Lipinski definition) is 6. The summed E-state index contributed by atoms with van der Waals surface area (Å²) in [7, 11) is -3.42. The van der Waals surface area contributed by atoms with E-state index in [1.165, 1.54) is 0 Å². The smallest absolute Gasteiger partial charge is 0.249 e. The molecule has 1 N–H and O–H groups in total. The lowest BCUT2D eigenvalue weighted by Gasteiger charge is -2.07. The summed E-state index contributed by atoms with van der Waals surface area (Å²) in [6.45, 7) is 2.09. The second-order valence-electron chi connectivity index (χ2n) is 5.57. The zero-order chi connectivity index (χ0) is 17.7. The molecule has 0 aliphatic heterocycles. The fourth-order valence-electron chi connectivity index (χ4n) is 2.30. The number of benzene rings is 1. The normalized spacial score (nSPS) is 11.6. The number of rotatable bonds is 7. The van der Waals surface area contributed by atoms with Crippen LogP contribution in [0.2, 0.25) is 0 Å². The average molecular weight is 358 g/mol. The molecule has 0 bridgehead atoms. The lowest BCUT2D eigenvalue weighted by molar-refractivity contribution is 0.501. The Balaban J connectivity index is 1.56. The lowest BCUT2D eigenvalue weighted by atomic mass is 10.1. The summed E-state index contributed by atoms with van der Waals surface area (Å²) in [6.07, 6.45) is 3.60. The Kier molecular flexibility index (Phi) is 5.20. The second kappa shape index (κ2) is 7.54. The largest absolute Gasteiger partial charge is 0.421 e. The summed E-state index contributed by atoms with van der Waals surface area (Å²) < 4.78 is 32.5. The third-order valence-electron chi connectivity index (χ3n) is 3.64. The van der Waals surface area contributed by atoms with E-state index in [1.807, 2.05) is 37.3 Å². The molecule has 1 aromatic carbocycles. The zero-order valence-corrected chi connectivity index (χ0v) is 14.5. The van der Waals surface area contributed by atoms with Crippen LogP contribution in [0, 0.1) is 6.92 Å². The van der Waals surface area contributed by atoms with Gasteiger partial charge in [-0.1, -0.05) is 24.3 Å². The molecule has 8 heteroatoms. The van der Waals surface area contributed by atoms with Gasteiger partial charge in [0.1, 0.15) is 0 Å². The Morgan fingerprint density at radius 1 is 1.12 bits per heavy atom. The lowest BCUT2D eigenvalue weighted by Crippen LogP contribution is -2.27. The topological polar surface area (TPSA) is 98.0 Å². The van der Waals surface area contributed by atoms with Gasteiger partial charge in [-0.3, -0.25) is 4.98 Å². The van der Waals surface area contributed by atoms with Crippen LogP contribution in [0.4, 0.5) is 0 Å². The standard InChI is InChI=1S/C17H18N4O3S/c1-13-5-2-3-6-15(13)12-25(22,23)19-10-8-16-20-21-17(24-16)14-7-4-9-18-11-14/h2-7,9,11,19H,8,10,12H2,1H3. The SMILES string of the molecule is Cc1ccccc1CS(=O)(=O)NCCc1nnc(-c2cccnc2)o1. The second-order valence-corrected chi connectivity index (χ2v) is 7.38. The highest BCUT2D eigenvalue weighted by molar-refractivity contribution is 7.88. The van der Waals surface area contributed by atoms with E-state index in [0.717, 1.165) is 16.7 Å². The van der Waals surface area contributed by atoms with Crippen LogP contribution in [0.25, 0.3) is 11.5 Å². The molecule has 0 aliphatic rings. The van der Waals surface area contributed by atoms with Crippen molar-refractivity contribution in [2.45, 2.75) is 19.1 Å². The Morgan fingerprint density at radius 3 is 2.72 bits per heavy atom. The van der Waals surface area contributed by atoms with E-state index in [0.29, 0.717) is 18.2 Å². The van der Waals surface area contributed by atoms with Crippen LogP contribution >= 0.6 is 0 Å². The quantitative estimate of drug-likeness (QED) is 0.694. The van der Waals surface area contributed by atoms with E-state index in [9.17, 15) is 8.42 Å². The molecule has 0 fully saturated rings. The fraction of sp³-hybridized carbons (Fsp3) is 0.235. The van der Waals surface area contributed by atoms with Crippen molar-refractivity contribution < 1.29 is 12.8 Å². The third-order valence-corrected chi connectivity index (χ3v) is 4.98. The fourth-order valence-corrected chi connectivity index (χ4v) is 3.55. The Hall–Kier alpha value is -2.58. The molecule has 25 heavy (non-hydrogen) atoms. The maximum atomic E-state index is 12.2. The molecule has 0 spiro atoms. The van der Waals surface area contributed by atoms with Gasteiger partial charge in [-0.15, -0.1) is 10.2 Å². The molecule has 130 valence electrons. The molecule has 0 saturated carbocycles. The predicted octanol–water partition coefficient (Wildman–Crippen LogP) is 2.10. The predicted molar refractivity (Wildman–Crippen MR) is 93.0 cm³/mol. The molecule has 0 atom stereocenters. The minimum atomic E-state index is -3.42. The summed E-state index contributed by atoms with van der Waals surface area (Å²) in [5.41, 5.74) is 2.46. The van der Waals surface area contributed by atoms with Crippen molar-refractivity contribution >= 4 is 10.0 Å². The summed E-state index contributed by atoms with van der Waals surface area (Å²) in [5, 5.41) is 7.88. The van der Waals surface area contributed by atoms with Crippen LogP contribution in [-0.4, -0.2) is 30.1 Å². The van der Waals surface area contributed by atoms with Crippen LogP contribution in [0.15, 0.2) is 53.2 Å². The van der Waals surface area contributed by atoms with Crippen molar-refractivity contribution in [2.75, 3.05) is 6.54 Å². The van der Waals surface area contributed by atoms with Crippen molar-refractivity contribution in [3.8, 4) is 11.5 Å². The van der Waals surface area contributed by atoms with Crippen LogP contribution in [0.1, 0.15) is 17.0 Å². The van der Waals surface area contributed by atoms with Crippen molar-refractivity contribution in [2.24, 2.45) is 0 Å². The van der Waals surface area contributed by atoms with Crippen molar-refractivity contribution in [1.82, 2.24) is 19.9 Å². The number of aryl methyl sites for hydroxylation is 1. The average Bonchev–Trinajstić information content (AvgIpc) is 3.06. The van der Waals surface area contributed by atoms with Gasteiger partial charge in [0, 0.05) is 25.4 Å². The molecule has 3 rings (SSSR count). The van der Waals surface area contributed by atoms with Crippen LogP contribution < -0.4 is 4.72 Å². The van der Waals surface area contributed by atoms with Crippen molar-refractivity contribution in [1.29, 1.82) is 0 Å². The molecule has 2 heterocycles. The highest BCUT2D eigenvalue weighted by atomic mass is 32.2. The summed E-state index contributed by atoms with van der Waals surface area (Å²) in [5.74, 6) is 0.688. The van der Waals surface area contributed by atoms with Crippen molar-refractivity contribution in [3.05, 3.63) is 65.8 Å². The monoisotopic (exact) mass is 358 g/mol. The zero-order valence-electron chi connectivity index (χ0n) is 13.7. The van der Waals surface area contributed by atoms with Gasteiger partial charge < -0.3 is 4.42 Å². The van der Waals surface area contributed by atoms with E-state index in [2.05, 4.69) is 19.9 Å². The van der Waals surface area contributed by atoms with Gasteiger partial charge in [0.15, 0.2) is 0 Å². The molecule has 0 radical (unpaired) electrons. The first-order valence-electron chi connectivity index (χ1n) is 7.78. The van der Waals surface area contributed by atoms with Gasteiger partial charge in [-0.2, -0.15) is 0 Å². The maximum absolute atomic E-state index is 12.2. The van der Waals surface area contributed by atoms with Crippen LogP contribution in [-0.2, 0) is 22.2 Å². The molecular formula is C17H18N4O3S. The van der Waals surface area contributed by atoms with E-state index in [1.54, 1.807) is 18.5 Å². The maximum Gasteiger partial charge on any atom is 0.249 e. The molecule has 0 unspecified atom stereocenters. The van der Waals surface area contributed by atoms with Crippen molar-refractivity contribution in [3.63, 3.8) is 0 Å². The first-order valence-corrected chi connectivity index (χ1v) is 9.43. The Bertz CT molecular complexity index is 939. The summed E-state index contributed by atoms with van der Waals surface area (Å²) in [4.78, 5) is 3.99. The van der Waals surface area contributed by atoms with Gasteiger partial charge in [-0.25, -0.2) is 13.1 Å². The summed E-state index contributed by atoms with van der Waals surface area (Å²) >= 11 is 0. The molecule has 0 saturated heterocycles. The third kappa shape index (κ3) is 4.71. The number of aromatic nitrogens is 3. The number of nitrogens with zero attached hydrogens (tertiary/aromatic N) is 3. The van der Waals surface area contributed by atoms with Crippen LogP contribution in [0.5, 0.6) is 0 Å². The van der Waals surface area contributed by atoms with Gasteiger partial charge in [0.2, 0.25) is 21.8 Å². The highest BCUT2D eigenvalue weighted by Crippen LogP contribution is 2.16. The Morgan fingerprint density at radius 2 is 1.96 bits per heavy atom. The molecular weight excluding hydrogens is 340 g/mol. The molecule has 7 nitrogen and oxygen atoms in total. The first-order chi connectivity index (χ1) is 12.0. The van der Waals surface area contributed by atoms with Gasteiger partial charge in [-0.05, 0) is 30.2 Å². The Labute approximate surface area is 146 Å². The number of nitrogens with one attached hydrogen (secondary N) is 1. The van der Waals surface area contributed by atoms with Gasteiger partial charge in [0.05, 0.1) is 11.3 Å². The number of sulfonamides is 1. The van der Waals surface area contributed by atoms with E-state index < -0.39 is 10.0 Å².